The van der Waals surface area contributed by atoms with Crippen LogP contribution in [-0.2, 0) is 11.3 Å². The van der Waals surface area contributed by atoms with E-state index in [1.165, 1.54) is 25.7 Å². The van der Waals surface area contributed by atoms with Crippen LogP contribution in [0, 0.1) is 11.8 Å². The molecule has 1 atom stereocenters. The van der Waals surface area contributed by atoms with Crippen LogP contribution in [0.1, 0.15) is 38.2 Å². The lowest BCUT2D eigenvalue weighted by Crippen LogP contribution is -2.32. The van der Waals surface area contributed by atoms with E-state index >= 15 is 0 Å². The van der Waals surface area contributed by atoms with Crippen LogP contribution in [-0.4, -0.2) is 20.1 Å². The molecule has 1 aromatic carbocycles. The van der Waals surface area contributed by atoms with Crippen LogP contribution in [0.25, 0.3) is 0 Å². The smallest absolute Gasteiger partial charge is 0.223 e. The molecule has 21 heavy (non-hydrogen) atoms. The van der Waals surface area contributed by atoms with Crippen LogP contribution < -0.4 is 14.8 Å². The van der Waals surface area contributed by atoms with E-state index in [0.717, 1.165) is 5.56 Å². The van der Waals surface area contributed by atoms with Crippen molar-refractivity contribution in [3.8, 4) is 11.5 Å². The molecule has 1 aromatic rings. The van der Waals surface area contributed by atoms with Gasteiger partial charge in [-0.15, -0.1) is 0 Å². The van der Waals surface area contributed by atoms with E-state index < -0.39 is 0 Å². The third-order valence-corrected chi connectivity index (χ3v) is 4.44. The first kappa shape index (κ1) is 15.7. The van der Waals surface area contributed by atoms with Gasteiger partial charge < -0.3 is 14.8 Å². The standard InChI is InChI=1S/C17H25NO3/c1-12(14-6-4-5-7-14)17(19)18-11-13-8-9-15(20-2)16(10-13)21-3/h8-10,12,14H,4-7,11H2,1-3H3,(H,18,19). The molecule has 4 nitrogen and oxygen atoms in total. The van der Waals surface area contributed by atoms with Crippen molar-refractivity contribution in [3.63, 3.8) is 0 Å². The van der Waals surface area contributed by atoms with Crippen molar-refractivity contribution >= 4 is 5.91 Å². The Hall–Kier alpha value is -1.71. The molecule has 0 aromatic heterocycles. The molecule has 0 heterocycles. The first-order valence-corrected chi connectivity index (χ1v) is 7.64. The first-order chi connectivity index (χ1) is 10.2. The monoisotopic (exact) mass is 291 g/mol. The van der Waals surface area contributed by atoms with Gasteiger partial charge in [-0.2, -0.15) is 0 Å². The van der Waals surface area contributed by atoms with Gasteiger partial charge in [-0.1, -0.05) is 25.8 Å². The maximum Gasteiger partial charge on any atom is 0.223 e. The van der Waals surface area contributed by atoms with Crippen molar-refractivity contribution in [1.29, 1.82) is 0 Å². The number of hydrogen-bond acceptors (Lipinski definition) is 3. The topological polar surface area (TPSA) is 47.6 Å². The second-order valence-corrected chi connectivity index (χ2v) is 5.74. The van der Waals surface area contributed by atoms with E-state index in [1.54, 1.807) is 14.2 Å². The fraction of sp³-hybridized carbons (Fsp3) is 0.588. The van der Waals surface area contributed by atoms with E-state index in [1.807, 2.05) is 25.1 Å². The van der Waals surface area contributed by atoms with Crippen molar-refractivity contribution in [1.82, 2.24) is 5.32 Å². The van der Waals surface area contributed by atoms with Gasteiger partial charge >= 0.3 is 0 Å². The molecule has 1 aliphatic rings. The molecule has 4 heteroatoms. The molecular weight excluding hydrogens is 266 g/mol. The van der Waals surface area contributed by atoms with Crippen LogP contribution in [0.4, 0.5) is 0 Å². The summed E-state index contributed by atoms with van der Waals surface area (Å²) in [6, 6.07) is 5.71. The zero-order valence-corrected chi connectivity index (χ0v) is 13.1. The predicted molar refractivity (Wildman–Crippen MR) is 82.5 cm³/mol. The minimum absolute atomic E-state index is 0.104. The zero-order chi connectivity index (χ0) is 15.2. The molecule has 1 aliphatic carbocycles. The second-order valence-electron chi connectivity index (χ2n) is 5.74. The number of amides is 1. The summed E-state index contributed by atoms with van der Waals surface area (Å²) in [5.74, 6) is 2.19. The quantitative estimate of drug-likeness (QED) is 0.876. The number of nitrogens with one attached hydrogen (secondary N) is 1. The Balaban J connectivity index is 1.91. The lowest BCUT2D eigenvalue weighted by Gasteiger charge is -2.18. The van der Waals surface area contributed by atoms with Crippen LogP contribution in [0.3, 0.4) is 0 Å². The third kappa shape index (κ3) is 3.90. The van der Waals surface area contributed by atoms with Crippen molar-refractivity contribution in [3.05, 3.63) is 23.8 Å². The average molecular weight is 291 g/mol. The van der Waals surface area contributed by atoms with Gasteiger partial charge in [0.25, 0.3) is 0 Å². The molecule has 1 N–H and O–H groups in total. The summed E-state index contributed by atoms with van der Waals surface area (Å²) < 4.78 is 10.5. The largest absolute Gasteiger partial charge is 0.493 e. The Bertz CT molecular complexity index is 481. The summed E-state index contributed by atoms with van der Waals surface area (Å²) in [5.41, 5.74) is 1.01. The summed E-state index contributed by atoms with van der Waals surface area (Å²) in [4.78, 5) is 12.2. The minimum atomic E-state index is 0.104. The van der Waals surface area contributed by atoms with Crippen molar-refractivity contribution < 1.29 is 14.3 Å². The Kier molecular flexibility index (Phi) is 5.48. The van der Waals surface area contributed by atoms with Gasteiger partial charge in [0.2, 0.25) is 5.91 Å². The molecule has 0 saturated heterocycles. The molecule has 116 valence electrons. The van der Waals surface area contributed by atoms with E-state index in [-0.39, 0.29) is 11.8 Å². The minimum Gasteiger partial charge on any atom is -0.493 e. The van der Waals surface area contributed by atoms with Gasteiger partial charge in [0.15, 0.2) is 11.5 Å². The fourth-order valence-electron chi connectivity index (χ4n) is 3.01. The fourth-order valence-corrected chi connectivity index (χ4v) is 3.01. The number of methoxy groups -OCH3 is 2. The molecule has 0 radical (unpaired) electrons. The lowest BCUT2D eigenvalue weighted by molar-refractivity contribution is -0.126. The summed E-state index contributed by atoms with van der Waals surface area (Å²) in [5, 5.41) is 3.03. The van der Waals surface area contributed by atoms with Crippen LogP contribution >= 0.6 is 0 Å². The summed E-state index contributed by atoms with van der Waals surface area (Å²) in [6.07, 6.45) is 4.89. The number of carbonyl (C=O) groups is 1. The highest BCUT2D eigenvalue weighted by Crippen LogP contribution is 2.31. The van der Waals surface area contributed by atoms with Gasteiger partial charge in [0, 0.05) is 12.5 Å². The van der Waals surface area contributed by atoms with Gasteiger partial charge in [0.1, 0.15) is 0 Å². The number of carbonyl (C=O) groups excluding carboxylic acids is 1. The normalized spacial score (nSPS) is 16.5. The van der Waals surface area contributed by atoms with Crippen molar-refractivity contribution in [2.24, 2.45) is 11.8 Å². The predicted octanol–water partition coefficient (Wildman–Crippen LogP) is 3.15. The van der Waals surface area contributed by atoms with Gasteiger partial charge in [-0.05, 0) is 36.5 Å². The Morgan fingerprint density at radius 1 is 1.24 bits per heavy atom. The van der Waals surface area contributed by atoms with Gasteiger partial charge in [-0.3, -0.25) is 4.79 Å². The van der Waals surface area contributed by atoms with Gasteiger partial charge in [-0.25, -0.2) is 0 Å². The first-order valence-electron chi connectivity index (χ1n) is 7.64. The number of benzene rings is 1. The molecule has 0 aliphatic heterocycles. The van der Waals surface area contributed by atoms with Crippen LogP contribution in [0.2, 0.25) is 0 Å². The molecular formula is C17H25NO3. The van der Waals surface area contributed by atoms with Crippen molar-refractivity contribution in [2.75, 3.05) is 14.2 Å². The SMILES string of the molecule is COc1ccc(CNC(=O)C(C)C2CCCC2)cc1OC. The lowest BCUT2D eigenvalue weighted by atomic mass is 9.92. The Morgan fingerprint density at radius 2 is 1.90 bits per heavy atom. The highest BCUT2D eigenvalue weighted by atomic mass is 16.5. The number of rotatable bonds is 6. The average Bonchev–Trinajstić information content (AvgIpc) is 3.05. The maximum atomic E-state index is 12.2. The second kappa shape index (κ2) is 7.34. The molecule has 0 spiro atoms. The summed E-state index contributed by atoms with van der Waals surface area (Å²) >= 11 is 0. The Morgan fingerprint density at radius 3 is 2.52 bits per heavy atom. The van der Waals surface area contributed by atoms with E-state index in [4.69, 9.17) is 9.47 Å². The Labute approximate surface area is 126 Å². The van der Waals surface area contributed by atoms with Crippen LogP contribution in [0.5, 0.6) is 11.5 Å². The number of ether oxygens (including phenoxy) is 2. The summed E-state index contributed by atoms with van der Waals surface area (Å²) in [7, 11) is 3.23. The number of hydrogen-bond donors (Lipinski definition) is 1. The zero-order valence-electron chi connectivity index (χ0n) is 13.1. The maximum absolute atomic E-state index is 12.2. The molecule has 2 rings (SSSR count). The molecule has 1 fully saturated rings. The van der Waals surface area contributed by atoms with Crippen LogP contribution in [0.15, 0.2) is 18.2 Å². The third-order valence-electron chi connectivity index (χ3n) is 4.44. The molecule has 0 bridgehead atoms. The van der Waals surface area contributed by atoms with E-state index in [9.17, 15) is 4.79 Å². The molecule has 1 saturated carbocycles. The highest BCUT2D eigenvalue weighted by molar-refractivity contribution is 5.78. The summed E-state index contributed by atoms with van der Waals surface area (Å²) in [6.45, 7) is 2.57. The molecule has 1 amide bonds. The van der Waals surface area contributed by atoms with E-state index in [0.29, 0.717) is 24.0 Å². The van der Waals surface area contributed by atoms with E-state index in [2.05, 4.69) is 5.32 Å². The van der Waals surface area contributed by atoms with Gasteiger partial charge in [0.05, 0.1) is 14.2 Å². The highest BCUT2D eigenvalue weighted by Gasteiger charge is 2.26. The van der Waals surface area contributed by atoms with Crippen molar-refractivity contribution in [2.45, 2.75) is 39.2 Å². The molecule has 1 unspecified atom stereocenters.